The molecule has 5 rings (SSSR count). The van der Waals surface area contributed by atoms with E-state index in [4.69, 9.17) is 4.74 Å². The molecule has 8 nitrogen and oxygen atoms in total. The first kappa shape index (κ1) is 22.5. The molecule has 2 aliphatic rings. The Kier molecular flexibility index (Phi) is 6.30. The van der Waals surface area contributed by atoms with Crippen LogP contribution in [0.25, 0.3) is 11.0 Å². The van der Waals surface area contributed by atoms with E-state index in [9.17, 15) is 14.0 Å². The van der Waals surface area contributed by atoms with Gasteiger partial charge in [0, 0.05) is 39.1 Å². The lowest BCUT2D eigenvalue weighted by atomic mass is 9.87. The average molecular weight is 466 g/mol. The van der Waals surface area contributed by atoms with Gasteiger partial charge in [-0.25, -0.2) is 9.37 Å². The van der Waals surface area contributed by atoms with E-state index in [1.807, 2.05) is 29.2 Å². The number of ether oxygens (including phenoxy) is 1. The number of nitrogens with zero attached hydrogens (tertiary/aromatic N) is 2. The van der Waals surface area contributed by atoms with Crippen molar-refractivity contribution in [2.75, 3.05) is 32.8 Å². The van der Waals surface area contributed by atoms with E-state index in [1.165, 1.54) is 12.1 Å². The Labute approximate surface area is 196 Å². The fourth-order valence-electron chi connectivity index (χ4n) is 4.88. The molecule has 3 aromatic rings. The van der Waals surface area contributed by atoms with E-state index in [0.29, 0.717) is 45.8 Å². The van der Waals surface area contributed by atoms with Crippen molar-refractivity contribution in [2.24, 2.45) is 5.92 Å². The number of imidazole rings is 1. The molecule has 0 aliphatic carbocycles. The van der Waals surface area contributed by atoms with Gasteiger partial charge in [0.2, 0.25) is 5.91 Å². The van der Waals surface area contributed by atoms with Gasteiger partial charge in [-0.05, 0) is 36.2 Å². The van der Waals surface area contributed by atoms with Crippen LogP contribution >= 0.6 is 0 Å². The molecule has 2 amide bonds. The SMILES string of the molecule is O=C(NCCCc1nc2ccccc2[nH]1)[C@H]1CN(Cc2ccc(F)cc2)C[C@@]12OCCNC2=O. The second kappa shape index (κ2) is 9.52. The highest BCUT2D eigenvalue weighted by Crippen LogP contribution is 2.34. The summed E-state index contributed by atoms with van der Waals surface area (Å²) in [4.78, 5) is 35.9. The molecule has 0 radical (unpaired) electrons. The second-order valence-electron chi connectivity index (χ2n) is 8.94. The first-order valence-electron chi connectivity index (χ1n) is 11.6. The summed E-state index contributed by atoms with van der Waals surface area (Å²) in [5, 5.41) is 5.86. The Bertz CT molecular complexity index is 1150. The van der Waals surface area contributed by atoms with Gasteiger partial charge in [0.15, 0.2) is 5.60 Å². The maximum absolute atomic E-state index is 13.3. The van der Waals surface area contributed by atoms with Crippen LogP contribution in [0, 0.1) is 11.7 Å². The number of amides is 2. The number of hydrogen-bond donors (Lipinski definition) is 3. The molecule has 2 saturated heterocycles. The first-order chi connectivity index (χ1) is 16.5. The van der Waals surface area contributed by atoms with Crippen molar-refractivity contribution in [2.45, 2.75) is 25.0 Å². The molecule has 3 N–H and O–H groups in total. The van der Waals surface area contributed by atoms with Crippen LogP contribution < -0.4 is 10.6 Å². The van der Waals surface area contributed by atoms with E-state index < -0.39 is 11.5 Å². The number of morpholine rings is 1. The van der Waals surface area contributed by atoms with E-state index >= 15 is 0 Å². The number of rotatable bonds is 7. The quantitative estimate of drug-likeness (QED) is 0.462. The smallest absolute Gasteiger partial charge is 0.254 e. The Morgan fingerprint density at radius 2 is 2.06 bits per heavy atom. The van der Waals surface area contributed by atoms with Gasteiger partial charge in [-0.2, -0.15) is 0 Å². The van der Waals surface area contributed by atoms with E-state index in [1.54, 1.807) is 12.1 Å². The zero-order valence-electron chi connectivity index (χ0n) is 18.9. The van der Waals surface area contributed by atoms with Crippen molar-refractivity contribution < 1.29 is 18.7 Å². The number of aromatic amines is 1. The molecule has 34 heavy (non-hydrogen) atoms. The van der Waals surface area contributed by atoms with Gasteiger partial charge in [0.1, 0.15) is 11.6 Å². The standard InChI is InChI=1S/C25H28FN5O3/c26-18-9-7-17(8-10-18)14-31-15-19(25(16-31)24(33)28-12-13-34-25)23(32)27-11-3-6-22-29-20-4-1-2-5-21(20)30-22/h1-2,4-5,7-10,19H,3,6,11-16H2,(H,27,32)(H,28,33)(H,29,30)/t19-,25-/m1/s1. The summed E-state index contributed by atoms with van der Waals surface area (Å²) in [7, 11) is 0. The number of halogens is 1. The molecule has 1 spiro atoms. The van der Waals surface area contributed by atoms with Crippen LogP contribution in [0.4, 0.5) is 4.39 Å². The third-order valence-corrected chi connectivity index (χ3v) is 6.56. The number of hydrogen-bond acceptors (Lipinski definition) is 5. The normalized spacial score (nSPS) is 22.9. The van der Waals surface area contributed by atoms with E-state index in [0.717, 1.165) is 28.8 Å². The van der Waals surface area contributed by atoms with Crippen LogP contribution in [-0.4, -0.2) is 65.1 Å². The third kappa shape index (κ3) is 4.53. The highest BCUT2D eigenvalue weighted by Gasteiger charge is 2.57. The van der Waals surface area contributed by atoms with Crippen molar-refractivity contribution in [3.63, 3.8) is 0 Å². The van der Waals surface area contributed by atoms with Crippen LogP contribution in [-0.2, 0) is 27.3 Å². The fourth-order valence-corrected chi connectivity index (χ4v) is 4.88. The number of para-hydroxylation sites is 2. The minimum absolute atomic E-state index is 0.191. The number of benzene rings is 2. The lowest BCUT2D eigenvalue weighted by Crippen LogP contribution is -2.62. The van der Waals surface area contributed by atoms with Gasteiger partial charge in [0.25, 0.3) is 5.91 Å². The summed E-state index contributed by atoms with van der Waals surface area (Å²) >= 11 is 0. The summed E-state index contributed by atoms with van der Waals surface area (Å²) in [6.45, 7) is 2.49. The van der Waals surface area contributed by atoms with Crippen molar-refractivity contribution in [3.8, 4) is 0 Å². The number of carbonyl (C=O) groups is 2. The maximum Gasteiger partial charge on any atom is 0.254 e. The number of nitrogens with one attached hydrogen (secondary N) is 3. The minimum Gasteiger partial charge on any atom is -0.361 e. The molecule has 3 heterocycles. The number of H-pyrrole nitrogens is 1. The zero-order valence-corrected chi connectivity index (χ0v) is 18.9. The zero-order chi connectivity index (χ0) is 23.5. The van der Waals surface area contributed by atoms with Crippen molar-refractivity contribution in [1.82, 2.24) is 25.5 Å². The predicted molar refractivity (Wildman–Crippen MR) is 124 cm³/mol. The van der Waals surface area contributed by atoms with Crippen LogP contribution in [0.1, 0.15) is 17.8 Å². The summed E-state index contributed by atoms with van der Waals surface area (Å²) < 4.78 is 19.2. The Hall–Kier alpha value is -3.30. The van der Waals surface area contributed by atoms with Gasteiger partial charge in [-0.1, -0.05) is 24.3 Å². The maximum atomic E-state index is 13.3. The number of carbonyl (C=O) groups excluding carboxylic acids is 2. The second-order valence-corrected chi connectivity index (χ2v) is 8.94. The third-order valence-electron chi connectivity index (χ3n) is 6.56. The lowest BCUT2D eigenvalue weighted by Gasteiger charge is -2.36. The van der Waals surface area contributed by atoms with Crippen molar-refractivity contribution in [1.29, 1.82) is 0 Å². The Balaban J connectivity index is 1.21. The number of fused-ring (bicyclic) bond motifs is 1. The molecule has 2 aliphatic heterocycles. The van der Waals surface area contributed by atoms with Crippen molar-refractivity contribution in [3.05, 3.63) is 65.7 Å². The van der Waals surface area contributed by atoms with Gasteiger partial charge in [-0.3, -0.25) is 14.5 Å². The summed E-state index contributed by atoms with van der Waals surface area (Å²) in [5.74, 6) is -0.477. The Morgan fingerprint density at radius 3 is 2.85 bits per heavy atom. The summed E-state index contributed by atoms with van der Waals surface area (Å²) in [5.41, 5.74) is 1.63. The average Bonchev–Trinajstić information content (AvgIpc) is 3.42. The predicted octanol–water partition coefficient (Wildman–Crippen LogP) is 1.77. The van der Waals surface area contributed by atoms with Gasteiger partial charge < -0.3 is 20.4 Å². The molecule has 2 fully saturated rings. The summed E-state index contributed by atoms with van der Waals surface area (Å²) in [6, 6.07) is 14.1. The highest BCUT2D eigenvalue weighted by molar-refractivity contribution is 5.94. The topological polar surface area (TPSA) is 99.3 Å². The molecule has 0 bridgehead atoms. The lowest BCUT2D eigenvalue weighted by molar-refractivity contribution is -0.163. The summed E-state index contributed by atoms with van der Waals surface area (Å²) in [6.07, 6.45) is 1.43. The molecule has 1 aromatic heterocycles. The molecular weight excluding hydrogens is 437 g/mol. The Morgan fingerprint density at radius 1 is 1.24 bits per heavy atom. The van der Waals surface area contributed by atoms with Gasteiger partial charge in [0.05, 0.1) is 23.6 Å². The monoisotopic (exact) mass is 465 g/mol. The van der Waals surface area contributed by atoms with Crippen molar-refractivity contribution >= 4 is 22.8 Å². The van der Waals surface area contributed by atoms with Gasteiger partial charge in [-0.15, -0.1) is 0 Å². The van der Waals surface area contributed by atoms with Crippen LogP contribution in [0.3, 0.4) is 0 Å². The minimum atomic E-state index is -1.21. The first-order valence-corrected chi connectivity index (χ1v) is 11.6. The van der Waals surface area contributed by atoms with E-state index in [2.05, 4.69) is 20.6 Å². The number of likely N-dealkylation sites (tertiary alicyclic amines) is 1. The molecule has 0 unspecified atom stereocenters. The van der Waals surface area contributed by atoms with E-state index in [-0.39, 0.29) is 17.6 Å². The largest absolute Gasteiger partial charge is 0.361 e. The fraction of sp³-hybridized carbons (Fsp3) is 0.400. The molecule has 9 heteroatoms. The number of aryl methyl sites for hydroxylation is 1. The van der Waals surface area contributed by atoms with Crippen LogP contribution in [0.5, 0.6) is 0 Å². The molecular formula is C25H28FN5O3. The number of aromatic nitrogens is 2. The molecule has 2 atom stereocenters. The highest BCUT2D eigenvalue weighted by atomic mass is 19.1. The molecule has 178 valence electrons. The molecule has 2 aromatic carbocycles. The van der Waals surface area contributed by atoms with Gasteiger partial charge >= 0.3 is 0 Å². The molecule has 0 saturated carbocycles. The van der Waals surface area contributed by atoms with Crippen LogP contribution in [0.15, 0.2) is 48.5 Å². The van der Waals surface area contributed by atoms with Crippen LogP contribution in [0.2, 0.25) is 0 Å².